The van der Waals surface area contributed by atoms with Gasteiger partial charge < -0.3 is 10.6 Å². The maximum atomic E-state index is 13.1. The van der Waals surface area contributed by atoms with E-state index in [-0.39, 0.29) is 16.6 Å². The Labute approximate surface area is 196 Å². The zero-order valence-electron chi connectivity index (χ0n) is 18.4. The minimum Gasteiger partial charge on any atom is -0.350 e. The van der Waals surface area contributed by atoms with E-state index in [1.807, 2.05) is 57.2 Å². The highest BCUT2D eigenvalue weighted by atomic mass is 35.5. The number of halogens is 1. The van der Waals surface area contributed by atoms with Crippen molar-refractivity contribution in [2.45, 2.75) is 20.8 Å². The molecule has 1 heterocycles. The van der Waals surface area contributed by atoms with Crippen molar-refractivity contribution >= 4 is 46.4 Å². The van der Waals surface area contributed by atoms with E-state index < -0.39 is 11.8 Å². The molecular weight excluding hydrogens is 438 g/mol. The average Bonchev–Trinajstić information content (AvgIpc) is 2.99. The highest BCUT2D eigenvalue weighted by molar-refractivity contribution is 6.53. The summed E-state index contributed by atoms with van der Waals surface area (Å²) in [6.07, 6.45) is 0. The van der Waals surface area contributed by atoms with Gasteiger partial charge in [0.15, 0.2) is 0 Å². The van der Waals surface area contributed by atoms with Gasteiger partial charge in [-0.05, 0) is 73.9 Å². The Morgan fingerprint density at radius 1 is 0.818 bits per heavy atom. The lowest BCUT2D eigenvalue weighted by Crippen LogP contribution is -2.33. The Bertz CT molecular complexity index is 1330. The fraction of sp³-hybridized carbons (Fsp3) is 0.115. The number of aryl methyl sites for hydroxylation is 3. The van der Waals surface area contributed by atoms with Crippen LogP contribution in [0.3, 0.4) is 0 Å². The highest BCUT2D eigenvalue weighted by Crippen LogP contribution is 2.32. The summed E-state index contributed by atoms with van der Waals surface area (Å²) >= 11 is 6.26. The van der Waals surface area contributed by atoms with Gasteiger partial charge in [-0.3, -0.25) is 14.4 Å². The van der Waals surface area contributed by atoms with Crippen LogP contribution in [-0.2, 0) is 9.59 Å². The Kier molecular flexibility index (Phi) is 6.03. The zero-order chi connectivity index (χ0) is 23.7. The number of nitrogens with zero attached hydrogens (tertiary/aromatic N) is 1. The summed E-state index contributed by atoms with van der Waals surface area (Å²) in [6.45, 7) is 5.65. The summed E-state index contributed by atoms with van der Waals surface area (Å²) in [7, 11) is 0. The third-order valence-electron chi connectivity index (χ3n) is 5.30. The molecule has 33 heavy (non-hydrogen) atoms. The van der Waals surface area contributed by atoms with Gasteiger partial charge in [0.1, 0.15) is 10.7 Å². The number of imide groups is 1. The lowest BCUT2D eigenvalue weighted by atomic mass is 10.1. The van der Waals surface area contributed by atoms with Gasteiger partial charge >= 0.3 is 0 Å². The van der Waals surface area contributed by atoms with Gasteiger partial charge in [0.05, 0.1) is 5.69 Å². The molecule has 0 radical (unpaired) electrons. The number of benzene rings is 3. The molecule has 0 spiro atoms. The van der Waals surface area contributed by atoms with E-state index in [9.17, 15) is 14.4 Å². The average molecular weight is 460 g/mol. The molecule has 1 aliphatic heterocycles. The van der Waals surface area contributed by atoms with E-state index in [2.05, 4.69) is 10.6 Å². The Balaban J connectivity index is 1.56. The monoisotopic (exact) mass is 459 g/mol. The third-order valence-corrected chi connectivity index (χ3v) is 5.65. The second-order valence-corrected chi connectivity index (χ2v) is 8.33. The molecule has 6 nitrogen and oxygen atoms in total. The minimum absolute atomic E-state index is 0.0289. The highest BCUT2D eigenvalue weighted by Gasteiger charge is 2.39. The predicted octanol–water partition coefficient (Wildman–Crippen LogP) is 5.30. The third kappa shape index (κ3) is 4.52. The molecule has 7 heteroatoms. The first kappa shape index (κ1) is 22.3. The SMILES string of the molecule is Cc1cccc(NC(=O)c2cccc(NC3=C(Cl)C(=O)N(c4cc(C)ccc4C)C3=O)c2)c1. The number of hydrogen-bond acceptors (Lipinski definition) is 4. The van der Waals surface area contributed by atoms with Gasteiger partial charge in [-0.15, -0.1) is 0 Å². The summed E-state index contributed by atoms with van der Waals surface area (Å²) < 4.78 is 0. The van der Waals surface area contributed by atoms with Crippen LogP contribution in [0.2, 0.25) is 0 Å². The maximum absolute atomic E-state index is 13.1. The van der Waals surface area contributed by atoms with Gasteiger partial charge in [0, 0.05) is 16.9 Å². The van der Waals surface area contributed by atoms with Crippen molar-refractivity contribution < 1.29 is 14.4 Å². The summed E-state index contributed by atoms with van der Waals surface area (Å²) in [5.74, 6) is -1.44. The summed E-state index contributed by atoms with van der Waals surface area (Å²) in [4.78, 5) is 39.7. The topological polar surface area (TPSA) is 78.5 Å². The predicted molar refractivity (Wildman–Crippen MR) is 130 cm³/mol. The van der Waals surface area contributed by atoms with Crippen molar-refractivity contribution in [3.05, 3.63) is 99.7 Å². The van der Waals surface area contributed by atoms with Gasteiger partial charge in [-0.2, -0.15) is 0 Å². The molecule has 0 saturated heterocycles. The van der Waals surface area contributed by atoms with Crippen molar-refractivity contribution in [2.75, 3.05) is 15.5 Å². The zero-order valence-corrected chi connectivity index (χ0v) is 19.2. The first-order valence-corrected chi connectivity index (χ1v) is 10.7. The quantitative estimate of drug-likeness (QED) is 0.507. The van der Waals surface area contributed by atoms with E-state index in [1.165, 1.54) is 0 Å². The molecule has 166 valence electrons. The number of amides is 3. The van der Waals surface area contributed by atoms with Gasteiger partial charge in [0.2, 0.25) is 0 Å². The standard InChI is InChI=1S/C26H22ClN3O3/c1-15-6-4-8-19(12-15)29-24(31)18-7-5-9-20(14-18)28-23-22(27)25(32)30(26(23)33)21-13-16(2)10-11-17(21)3/h4-14,28H,1-3H3,(H,29,31). The molecule has 0 fully saturated rings. The van der Waals surface area contributed by atoms with Crippen LogP contribution in [0.1, 0.15) is 27.0 Å². The molecule has 3 aromatic carbocycles. The van der Waals surface area contributed by atoms with Crippen molar-refractivity contribution in [3.63, 3.8) is 0 Å². The van der Waals surface area contributed by atoms with Crippen LogP contribution in [0.5, 0.6) is 0 Å². The minimum atomic E-state index is -0.591. The molecular formula is C26H22ClN3O3. The van der Waals surface area contributed by atoms with Crippen LogP contribution in [0, 0.1) is 20.8 Å². The molecule has 0 unspecified atom stereocenters. The van der Waals surface area contributed by atoms with Crippen molar-refractivity contribution in [1.29, 1.82) is 0 Å². The number of anilines is 3. The second-order valence-electron chi connectivity index (χ2n) is 7.95. The fourth-order valence-corrected chi connectivity index (χ4v) is 3.81. The lowest BCUT2D eigenvalue weighted by molar-refractivity contribution is -0.120. The molecule has 2 N–H and O–H groups in total. The lowest BCUT2D eigenvalue weighted by Gasteiger charge is -2.18. The summed E-state index contributed by atoms with van der Waals surface area (Å²) in [5, 5.41) is 5.58. The molecule has 0 aromatic heterocycles. The van der Waals surface area contributed by atoms with Crippen LogP contribution >= 0.6 is 11.6 Å². The van der Waals surface area contributed by atoms with Crippen molar-refractivity contribution in [2.24, 2.45) is 0 Å². The van der Waals surface area contributed by atoms with Gasteiger partial charge in [-0.25, -0.2) is 4.90 Å². The molecule has 0 bridgehead atoms. The molecule has 0 saturated carbocycles. The Morgan fingerprint density at radius 3 is 2.27 bits per heavy atom. The van der Waals surface area contributed by atoms with E-state index in [4.69, 9.17) is 11.6 Å². The number of carbonyl (C=O) groups excluding carboxylic acids is 3. The van der Waals surface area contributed by atoms with Crippen LogP contribution in [0.4, 0.5) is 17.1 Å². The number of hydrogen-bond donors (Lipinski definition) is 2. The van der Waals surface area contributed by atoms with E-state index in [0.717, 1.165) is 21.6 Å². The molecule has 3 amide bonds. The van der Waals surface area contributed by atoms with Crippen molar-refractivity contribution in [1.82, 2.24) is 0 Å². The largest absolute Gasteiger partial charge is 0.350 e. The normalized spacial score (nSPS) is 13.5. The summed E-state index contributed by atoms with van der Waals surface area (Å²) in [5.41, 5.74) is 4.73. The number of rotatable bonds is 5. The smallest absolute Gasteiger partial charge is 0.283 e. The van der Waals surface area contributed by atoms with E-state index >= 15 is 0 Å². The number of nitrogens with one attached hydrogen (secondary N) is 2. The van der Waals surface area contributed by atoms with E-state index in [0.29, 0.717) is 22.6 Å². The Morgan fingerprint density at radius 2 is 1.52 bits per heavy atom. The molecule has 4 rings (SSSR count). The molecule has 1 aliphatic rings. The maximum Gasteiger partial charge on any atom is 0.283 e. The first-order chi connectivity index (χ1) is 15.7. The van der Waals surface area contributed by atoms with Crippen LogP contribution in [0.25, 0.3) is 0 Å². The van der Waals surface area contributed by atoms with Crippen LogP contribution in [0.15, 0.2) is 77.5 Å². The molecule has 0 atom stereocenters. The van der Waals surface area contributed by atoms with Gasteiger partial charge in [0.25, 0.3) is 17.7 Å². The summed E-state index contributed by atoms with van der Waals surface area (Å²) in [6, 6.07) is 19.7. The fourth-order valence-electron chi connectivity index (χ4n) is 3.60. The second kappa shape index (κ2) is 8.92. The van der Waals surface area contributed by atoms with E-state index in [1.54, 1.807) is 30.3 Å². The van der Waals surface area contributed by atoms with Crippen LogP contribution in [-0.4, -0.2) is 17.7 Å². The number of carbonyl (C=O) groups is 3. The molecule has 3 aromatic rings. The molecule has 0 aliphatic carbocycles. The van der Waals surface area contributed by atoms with Crippen LogP contribution < -0.4 is 15.5 Å². The van der Waals surface area contributed by atoms with Gasteiger partial charge in [-0.1, -0.05) is 41.9 Å². The first-order valence-electron chi connectivity index (χ1n) is 10.4. The Hall–Kier alpha value is -3.90. The van der Waals surface area contributed by atoms with Crippen molar-refractivity contribution in [3.8, 4) is 0 Å².